The van der Waals surface area contributed by atoms with Gasteiger partial charge < -0.3 is 10.2 Å². The fraction of sp³-hybridized carbons (Fsp3) is 0.619. The number of nitrogens with zero attached hydrogens (tertiary/aromatic N) is 1. The molecular weight excluding hydrogens is 312 g/mol. The van der Waals surface area contributed by atoms with Crippen LogP contribution >= 0.6 is 0 Å². The Morgan fingerprint density at radius 1 is 1.24 bits per heavy atom. The van der Waals surface area contributed by atoms with E-state index in [0.717, 1.165) is 51.1 Å². The molecule has 25 heavy (non-hydrogen) atoms. The molecule has 0 radical (unpaired) electrons. The molecule has 2 aliphatic heterocycles. The van der Waals surface area contributed by atoms with Gasteiger partial charge in [0.2, 0.25) is 11.8 Å². The van der Waals surface area contributed by atoms with Crippen LogP contribution in [0.1, 0.15) is 56.6 Å². The number of carbonyl (C=O) groups is 2. The summed E-state index contributed by atoms with van der Waals surface area (Å²) in [5.41, 5.74) is 2.21. The molecule has 0 spiro atoms. The molecule has 4 heteroatoms. The Bertz CT molecular complexity index is 617. The van der Waals surface area contributed by atoms with Crippen LogP contribution in [-0.2, 0) is 16.0 Å². The predicted octanol–water partition coefficient (Wildman–Crippen LogP) is 3.23. The van der Waals surface area contributed by atoms with Gasteiger partial charge in [0, 0.05) is 31.5 Å². The lowest BCUT2D eigenvalue weighted by atomic mass is 9.84. The molecule has 0 aliphatic carbocycles. The molecule has 136 valence electrons. The number of nitrogens with one attached hydrogen (secondary N) is 1. The average Bonchev–Trinajstić information content (AvgIpc) is 2.97. The average molecular weight is 342 g/mol. The molecule has 1 N–H and O–H groups in total. The van der Waals surface area contributed by atoms with E-state index in [-0.39, 0.29) is 17.4 Å². The van der Waals surface area contributed by atoms with Gasteiger partial charge in [-0.3, -0.25) is 9.59 Å². The number of piperidine rings is 1. The summed E-state index contributed by atoms with van der Waals surface area (Å²) >= 11 is 0. The summed E-state index contributed by atoms with van der Waals surface area (Å²) in [5.74, 6) is 1.09. The van der Waals surface area contributed by atoms with Crippen molar-refractivity contribution >= 4 is 11.8 Å². The summed E-state index contributed by atoms with van der Waals surface area (Å²) in [6, 6.07) is 8.49. The molecule has 1 aromatic carbocycles. The van der Waals surface area contributed by atoms with Crippen LogP contribution < -0.4 is 5.32 Å². The lowest BCUT2D eigenvalue weighted by molar-refractivity contribution is -0.133. The lowest BCUT2D eigenvalue weighted by Gasteiger charge is -2.33. The molecule has 1 unspecified atom stereocenters. The summed E-state index contributed by atoms with van der Waals surface area (Å²) in [5, 5.41) is 3.19. The van der Waals surface area contributed by atoms with Crippen LogP contribution in [0.2, 0.25) is 0 Å². The topological polar surface area (TPSA) is 49.4 Å². The molecule has 2 heterocycles. The molecule has 2 aliphatic rings. The van der Waals surface area contributed by atoms with Gasteiger partial charge in [0.05, 0.1) is 0 Å². The van der Waals surface area contributed by atoms with E-state index >= 15 is 0 Å². The Morgan fingerprint density at radius 2 is 1.92 bits per heavy atom. The Morgan fingerprint density at radius 3 is 2.52 bits per heavy atom. The van der Waals surface area contributed by atoms with E-state index in [0.29, 0.717) is 12.8 Å². The van der Waals surface area contributed by atoms with Crippen LogP contribution in [0.5, 0.6) is 0 Å². The number of amides is 2. The van der Waals surface area contributed by atoms with Crippen LogP contribution in [0.15, 0.2) is 24.3 Å². The molecule has 2 amide bonds. The quantitative estimate of drug-likeness (QED) is 0.893. The Hall–Kier alpha value is -1.84. The van der Waals surface area contributed by atoms with Crippen molar-refractivity contribution in [1.82, 2.24) is 10.2 Å². The minimum atomic E-state index is -0.259. The minimum absolute atomic E-state index is 0.117. The second-order valence-corrected chi connectivity index (χ2v) is 8.05. The molecule has 0 aromatic heterocycles. The third-order valence-electron chi connectivity index (χ3n) is 5.85. The number of carbonyl (C=O) groups excluding carboxylic acids is 2. The Labute approximate surface area is 151 Å². The van der Waals surface area contributed by atoms with Crippen LogP contribution in [0, 0.1) is 12.8 Å². The SMILES string of the molecule is Cc1ccc(CC2(CCC(=O)N3CCC(C)CC3)CCC(=O)N2)cc1. The second-order valence-electron chi connectivity index (χ2n) is 8.05. The van der Waals surface area contributed by atoms with E-state index in [9.17, 15) is 9.59 Å². The maximum atomic E-state index is 12.6. The number of benzene rings is 1. The molecule has 0 bridgehead atoms. The van der Waals surface area contributed by atoms with Crippen molar-refractivity contribution in [3.63, 3.8) is 0 Å². The summed E-state index contributed by atoms with van der Waals surface area (Å²) in [6.07, 6.45) is 5.68. The van der Waals surface area contributed by atoms with E-state index in [1.165, 1.54) is 11.1 Å². The predicted molar refractivity (Wildman–Crippen MR) is 99.2 cm³/mol. The molecular formula is C21H30N2O2. The van der Waals surface area contributed by atoms with Crippen LogP contribution in [0.3, 0.4) is 0 Å². The molecule has 1 atom stereocenters. The first-order valence-corrected chi connectivity index (χ1v) is 9.60. The van der Waals surface area contributed by atoms with E-state index in [1.54, 1.807) is 0 Å². The monoisotopic (exact) mass is 342 g/mol. The molecule has 1 aromatic rings. The number of hydrogen-bond donors (Lipinski definition) is 1. The van der Waals surface area contributed by atoms with Crippen molar-refractivity contribution in [2.75, 3.05) is 13.1 Å². The number of aryl methyl sites for hydroxylation is 1. The van der Waals surface area contributed by atoms with E-state index in [4.69, 9.17) is 0 Å². The van der Waals surface area contributed by atoms with E-state index in [2.05, 4.69) is 43.4 Å². The van der Waals surface area contributed by atoms with Gasteiger partial charge in [-0.2, -0.15) is 0 Å². The van der Waals surface area contributed by atoms with Gasteiger partial charge in [-0.15, -0.1) is 0 Å². The maximum Gasteiger partial charge on any atom is 0.222 e. The van der Waals surface area contributed by atoms with E-state index in [1.807, 2.05) is 4.90 Å². The fourth-order valence-corrected chi connectivity index (χ4v) is 4.04. The van der Waals surface area contributed by atoms with Gasteiger partial charge >= 0.3 is 0 Å². The maximum absolute atomic E-state index is 12.6. The van der Waals surface area contributed by atoms with Crippen molar-refractivity contribution in [3.05, 3.63) is 35.4 Å². The lowest BCUT2D eigenvalue weighted by Crippen LogP contribution is -2.45. The first-order chi connectivity index (χ1) is 12.0. The zero-order valence-electron chi connectivity index (χ0n) is 15.5. The minimum Gasteiger partial charge on any atom is -0.350 e. The summed E-state index contributed by atoms with van der Waals surface area (Å²) in [7, 11) is 0. The van der Waals surface area contributed by atoms with Crippen molar-refractivity contribution < 1.29 is 9.59 Å². The van der Waals surface area contributed by atoms with Crippen LogP contribution in [0.25, 0.3) is 0 Å². The molecule has 3 rings (SSSR count). The van der Waals surface area contributed by atoms with Crippen molar-refractivity contribution in [2.24, 2.45) is 5.92 Å². The normalized spacial score (nSPS) is 24.4. The van der Waals surface area contributed by atoms with E-state index < -0.39 is 0 Å². The molecule has 4 nitrogen and oxygen atoms in total. The fourth-order valence-electron chi connectivity index (χ4n) is 4.04. The zero-order valence-corrected chi connectivity index (χ0v) is 15.5. The highest BCUT2D eigenvalue weighted by atomic mass is 16.2. The highest BCUT2D eigenvalue weighted by molar-refractivity contribution is 5.80. The van der Waals surface area contributed by atoms with Crippen molar-refractivity contribution in [2.45, 2.75) is 64.3 Å². The first kappa shape index (κ1) is 18.0. The standard InChI is InChI=1S/C21H30N2O2/c1-16-3-5-18(6-4-16)15-21(11-7-19(24)22-21)12-8-20(25)23-13-9-17(2)10-14-23/h3-6,17H,7-15H2,1-2H3,(H,22,24). The summed E-state index contributed by atoms with van der Waals surface area (Å²) < 4.78 is 0. The molecule has 0 saturated carbocycles. The van der Waals surface area contributed by atoms with Crippen molar-refractivity contribution in [3.8, 4) is 0 Å². The highest BCUT2D eigenvalue weighted by Gasteiger charge is 2.38. The third kappa shape index (κ3) is 4.62. The van der Waals surface area contributed by atoms with Gasteiger partial charge in [0.1, 0.15) is 0 Å². The highest BCUT2D eigenvalue weighted by Crippen LogP contribution is 2.30. The molecule has 2 fully saturated rings. The number of rotatable bonds is 5. The second kappa shape index (κ2) is 7.59. The zero-order chi connectivity index (χ0) is 17.9. The Kier molecular flexibility index (Phi) is 5.45. The Balaban J connectivity index is 1.62. The number of hydrogen-bond acceptors (Lipinski definition) is 2. The van der Waals surface area contributed by atoms with Gasteiger partial charge in [0.15, 0.2) is 0 Å². The number of likely N-dealkylation sites (tertiary alicyclic amines) is 1. The molecule has 2 saturated heterocycles. The third-order valence-corrected chi connectivity index (χ3v) is 5.85. The summed E-state index contributed by atoms with van der Waals surface area (Å²) in [6.45, 7) is 6.11. The van der Waals surface area contributed by atoms with Crippen molar-refractivity contribution in [1.29, 1.82) is 0 Å². The van der Waals surface area contributed by atoms with Gasteiger partial charge in [0.25, 0.3) is 0 Å². The van der Waals surface area contributed by atoms with Crippen LogP contribution in [0.4, 0.5) is 0 Å². The largest absolute Gasteiger partial charge is 0.350 e. The van der Waals surface area contributed by atoms with Gasteiger partial charge in [-0.1, -0.05) is 36.8 Å². The summed E-state index contributed by atoms with van der Waals surface area (Å²) in [4.78, 5) is 26.5. The smallest absolute Gasteiger partial charge is 0.222 e. The van der Waals surface area contributed by atoms with Gasteiger partial charge in [-0.05, 0) is 50.5 Å². The van der Waals surface area contributed by atoms with Crippen LogP contribution in [-0.4, -0.2) is 35.3 Å². The van der Waals surface area contributed by atoms with Gasteiger partial charge in [-0.25, -0.2) is 0 Å². The first-order valence-electron chi connectivity index (χ1n) is 9.60.